The normalized spacial score (nSPS) is 10.2. The molecule has 0 unspecified atom stereocenters. The van der Waals surface area contributed by atoms with Gasteiger partial charge < -0.3 is 15.4 Å². The van der Waals surface area contributed by atoms with Gasteiger partial charge in [-0.25, -0.2) is 0 Å². The molecular formula is C22H19ClN2O3. The molecule has 0 aliphatic heterocycles. The molecule has 2 N–H and O–H groups in total. The molecule has 0 saturated carbocycles. The van der Waals surface area contributed by atoms with Crippen LogP contribution in [0.5, 0.6) is 5.75 Å². The van der Waals surface area contributed by atoms with E-state index in [0.717, 1.165) is 11.3 Å². The Hall–Kier alpha value is -3.31. The SMILES string of the molecule is COc1ccc(-c2cc(Cl)ccc2C(=O)Nc2ccccc2NC(C)=O)cc1. The largest absolute Gasteiger partial charge is 0.497 e. The number of ether oxygens (including phenoxy) is 1. The third-order valence-corrected chi connectivity index (χ3v) is 4.35. The lowest BCUT2D eigenvalue weighted by atomic mass is 9.99. The first-order valence-corrected chi connectivity index (χ1v) is 8.97. The number of carbonyl (C=O) groups is 2. The van der Waals surface area contributed by atoms with E-state index < -0.39 is 0 Å². The predicted molar refractivity (Wildman–Crippen MR) is 112 cm³/mol. The second-order valence-electron chi connectivity index (χ2n) is 6.10. The van der Waals surface area contributed by atoms with Crippen molar-refractivity contribution in [2.45, 2.75) is 6.92 Å². The molecule has 0 radical (unpaired) electrons. The van der Waals surface area contributed by atoms with E-state index in [0.29, 0.717) is 27.5 Å². The number of hydrogen-bond acceptors (Lipinski definition) is 3. The van der Waals surface area contributed by atoms with E-state index in [1.54, 1.807) is 49.6 Å². The average Bonchev–Trinajstić information content (AvgIpc) is 2.69. The highest BCUT2D eigenvalue weighted by atomic mass is 35.5. The number of rotatable bonds is 5. The maximum absolute atomic E-state index is 13.0. The fourth-order valence-electron chi connectivity index (χ4n) is 2.80. The third kappa shape index (κ3) is 4.50. The van der Waals surface area contributed by atoms with Crippen molar-refractivity contribution in [1.29, 1.82) is 0 Å². The maximum Gasteiger partial charge on any atom is 0.256 e. The number of para-hydroxylation sites is 2. The van der Waals surface area contributed by atoms with Gasteiger partial charge in [0.25, 0.3) is 5.91 Å². The van der Waals surface area contributed by atoms with Gasteiger partial charge in [0.15, 0.2) is 0 Å². The predicted octanol–water partition coefficient (Wildman–Crippen LogP) is 5.23. The summed E-state index contributed by atoms with van der Waals surface area (Å²) < 4.78 is 5.19. The summed E-state index contributed by atoms with van der Waals surface area (Å²) in [6.45, 7) is 1.42. The van der Waals surface area contributed by atoms with Gasteiger partial charge in [0.2, 0.25) is 5.91 Å². The zero-order valence-corrected chi connectivity index (χ0v) is 16.2. The van der Waals surface area contributed by atoms with Crippen molar-refractivity contribution in [1.82, 2.24) is 0 Å². The molecule has 28 heavy (non-hydrogen) atoms. The first-order chi connectivity index (χ1) is 13.5. The molecule has 0 aromatic heterocycles. The molecule has 2 amide bonds. The Labute approximate surface area is 168 Å². The molecule has 0 atom stereocenters. The lowest BCUT2D eigenvalue weighted by Crippen LogP contribution is -2.16. The smallest absolute Gasteiger partial charge is 0.256 e. The molecule has 6 heteroatoms. The molecule has 3 aromatic rings. The Kier molecular flexibility index (Phi) is 5.96. The van der Waals surface area contributed by atoms with E-state index in [1.807, 2.05) is 24.3 Å². The highest BCUT2D eigenvalue weighted by Gasteiger charge is 2.15. The minimum Gasteiger partial charge on any atom is -0.497 e. The van der Waals surface area contributed by atoms with Gasteiger partial charge in [-0.2, -0.15) is 0 Å². The van der Waals surface area contributed by atoms with Crippen LogP contribution in [0.1, 0.15) is 17.3 Å². The maximum atomic E-state index is 13.0. The minimum atomic E-state index is -0.305. The van der Waals surface area contributed by atoms with Crippen LogP contribution in [0.2, 0.25) is 5.02 Å². The van der Waals surface area contributed by atoms with Crippen molar-refractivity contribution in [2.75, 3.05) is 17.7 Å². The van der Waals surface area contributed by atoms with Crippen LogP contribution in [-0.4, -0.2) is 18.9 Å². The van der Waals surface area contributed by atoms with Crippen molar-refractivity contribution in [3.8, 4) is 16.9 Å². The molecule has 3 aromatic carbocycles. The van der Waals surface area contributed by atoms with Gasteiger partial charge in [0.05, 0.1) is 18.5 Å². The summed E-state index contributed by atoms with van der Waals surface area (Å²) in [6, 6.07) is 19.5. The van der Waals surface area contributed by atoms with Gasteiger partial charge >= 0.3 is 0 Å². The van der Waals surface area contributed by atoms with Gasteiger partial charge in [0.1, 0.15) is 5.75 Å². The number of anilines is 2. The van der Waals surface area contributed by atoms with Crippen LogP contribution < -0.4 is 15.4 Å². The number of hydrogen-bond donors (Lipinski definition) is 2. The van der Waals surface area contributed by atoms with Crippen molar-refractivity contribution < 1.29 is 14.3 Å². The average molecular weight is 395 g/mol. The van der Waals surface area contributed by atoms with E-state index in [9.17, 15) is 9.59 Å². The van der Waals surface area contributed by atoms with E-state index in [2.05, 4.69) is 10.6 Å². The quantitative estimate of drug-likeness (QED) is 0.622. The Bertz CT molecular complexity index is 1020. The summed E-state index contributed by atoms with van der Waals surface area (Å²) in [4.78, 5) is 24.4. The lowest BCUT2D eigenvalue weighted by molar-refractivity contribution is -0.114. The van der Waals surface area contributed by atoms with E-state index in [-0.39, 0.29) is 11.8 Å². The number of halogens is 1. The summed E-state index contributed by atoms with van der Waals surface area (Å²) in [6.07, 6.45) is 0. The van der Waals surface area contributed by atoms with Gasteiger partial charge in [-0.15, -0.1) is 0 Å². The Balaban J connectivity index is 1.95. The van der Waals surface area contributed by atoms with Crippen molar-refractivity contribution in [3.05, 3.63) is 77.3 Å². The summed E-state index contributed by atoms with van der Waals surface area (Å²) in [7, 11) is 1.60. The van der Waals surface area contributed by atoms with Gasteiger partial charge in [-0.1, -0.05) is 35.9 Å². The standard InChI is InChI=1S/C22H19ClN2O3/c1-14(26)24-20-5-3-4-6-21(20)25-22(27)18-12-9-16(23)13-19(18)15-7-10-17(28-2)11-8-15/h3-13H,1-2H3,(H,24,26)(H,25,27). The molecule has 142 valence electrons. The Morgan fingerprint density at radius 2 is 1.54 bits per heavy atom. The number of carbonyl (C=O) groups excluding carboxylic acids is 2. The van der Waals surface area contributed by atoms with Crippen LogP contribution >= 0.6 is 11.6 Å². The molecule has 0 spiro atoms. The van der Waals surface area contributed by atoms with Crippen molar-refractivity contribution >= 4 is 34.8 Å². The first kappa shape index (κ1) is 19.5. The van der Waals surface area contributed by atoms with Gasteiger partial charge in [-0.3, -0.25) is 9.59 Å². The van der Waals surface area contributed by atoms with Gasteiger partial charge in [0, 0.05) is 17.5 Å². The van der Waals surface area contributed by atoms with E-state index >= 15 is 0 Å². The summed E-state index contributed by atoms with van der Waals surface area (Å²) >= 11 is 6.17. The molecule has 0 bridgehead atoms. The molecular weight excluding hydrogens is 376 g/mol. The molecule has 0 aliphatic rings. The number of benzene rings is 3. The fraction of sp³-hybridized carbons (Fsp3) is 0.0909. The second kappa shape index (κ2) is 8.59. The molecule has 5 nitrogen and oxygen atoms in total. The molecule has 0 fully saturated rings. The Morgan fingerprint density at radius 1 is 0.893 bits per heavy atom. The number of amides is 2. The first-order valence-electron chi connectivity index (χ1n) is 8.60. The topological polar surface area (TPSA) is 67.4 Å². The van der Waals surface area contributed by atoms with E-state index in [4.69, 9.17) is 16.3 Å². The third-order valence-electron chi connectivity index (χ3n) is 4.11. The molecule has 0 aliphatic carbocycles. The molecule has 0 saturated heterocycles. The Morgan fingerprint density at radius 3 is 2.14 bits per heavy atom. The zero-order chi connectivity index (χ0) is 20.1. The van der Waals surface area contributed by atoms with Gasteiger partial charge in [-0.05, 0) is 53.6 Å². The fourth-order valence-corrected chi connectivity index (χ4v) is 2.98. The summed E-state index contributed by atoms with van der Waals surface area (Å²) in [5, 5.41) is 6.10. The minimum absolute atomic E-state index is 0.216. The monoisotopic (exact) mass is 394 g/mol. The molecule has 0 heterocycles. The summed E-state index contributed by atoms with van der Waals surface area (Å²) in [5.74, 6) is 0.202. The molecule has 3 rings (SSSR count). The van der Waals surface area contributed by atoms with Crippen LogP contribution in [0.15, 0.2) is 66.7 Å². The van der Waals surface area contributed by atoms with Crippen molar-refractivity contribution in [2.24, 2.45) is 0 Å². The number of methoxy groups -OCH3 is 1. The lowest BCUT2D eigenvalue weighted by Gasteiger charge is -2.14. The van der Waals surface area contributed by atoms with E-state index in [1.165, 1.54) is 6.92 Å². The van der Waals surface area contributed by atoms with Crippen LogP contribution in [-0.2, 0) is 4.79 Å². The van der Waals surface area contributed by atoms with Crippen LogP contribution in [0.4, 0.5) is 11.4 Å². The van der Waals surface area contributed by atoms with Crippen LogP contribution in [0, 0.1) is 0 Å². The highest BCUT2D eigenvalue weighted by molar-refractivity contribution is 6.31. The van der Waals surface area contributed by atoms with Crippen LogP contribution in [0.25, 0.3) is 11.1 Å². The van der Waals surface area contributed by atoms with Crippen molar-refractivity contribution in [3.63, 3.8) is 0 Å². The second-order valence-corrected chi connectivity index (χ2v) is 6.54. The highest BCUT2D eigenvalue weighted by Crippen LogP contribution is 2.30. The number of nitrogens with one attached hydrogen (secondary N) is 2. The van der Waals surface area contributed by atoms with Crippen LogP contribution in [0.3, 0.4) is 0 Å². The zero-order valence-electron chi connectivity index (χ0n) is 15.5. The summed E-state index contributed by atoms with van der Waals surface area (Å²) in [5.41, 5.74) is 3.04.